The van der Waals surface area contributed by atoms with Gasteiger partial charge in [-0.05, 0) is 43.3 Å². The first-order valence-electron chi connectivity index (χ1n) is 10.9. The summed E-state index contributed by atoms with van der Waals surface area (Å²) in [5.74, 6) is -0.938. The number of hydrogen-bond acceptors (Lipinski definition) is 8. The van der Waals surface area contributed by atoms with E-state index in [2.05, 4.69) is 36.2 Å². The second kappa shape index (κ2) is 11.1. The molecule has 0 fully saturated rings. The number of para-hydroxylation sites is 4. The lowest BCUT2D eigenvalue weighted by atomic mass is 10.2. The van der Waals surface area contributed by atoms with E-state index in [1.807, 2.05) is 0 Å². The molecule has 0 spiro atoms. The molecule has 184 valence electrons. The molecule has 0 bridgehead atoms. The Morgan fingerprint density at radius 1 is 0.750 bits per heavy atom. The van der Waals surface area contributed by atoms with Crippen molar-refractivity contribution >= 4 is 40.8 Å². The first kappa shape index (κ1) is 24.3. The third kappa shape index (κ3) is 6.00. The fraction of sp³-hybridized carbons (Fsp3) is 0.120. The fourth-order valence-electron chi connectivity index (χ4n) is 3.17. The number of ether oxygens (including phenoxy) is 1. The van der Waals surface area contributed by atoms with Crippen LogP contribution < -0.4 is 26.0 Å². The van der Waals surface area contributed by atoms with Crippen molar-refractivity contribution in [3.63, 3.8) is 0 Å². The number of hydrogen-bond donors (Lipinski definition) is 4. The van der Waals surface area contributed by atoms with Crippen LogP contribution in [0, 0.1) is 11.6 Å². The van der Waals surface area contributed by atoms with Gasteiger partial charge >= 0.3 is 0 Å². The molecule has 1 unspecified atom stereocenters. The summed E-state index contributed by atoms with van der Waals surface area (Å²) in [6.45, 7) is 1.61. The SMILES string of the molecule is COc1ccccc1NC(=O)C(C)Nc1nc(Nc2ccccc2F)nc(Nc2ccccc2F)n1. The second-order valence-electron chi connectivity index (χ2n) is 7.57. The van der Waals surface area contributed by atoms with Gasteiger partial charge in [0.05, 0.1) is 24.2 Å². The van der Waals surface area contributed by atoms with E-state index >= 15 is 0 Å². The molecule has 0 saturated carbocycles. The lowest BCUT2D eigenvalue weighted by molar-refractivity contribution is -0.116. The Kier molecular flexibility index (Phi) is 7.49. The molecule has 9 nitrogen and oxygen atoms in total. The van der Waals surface area contributed by atoms with Gasteiger partial charge in [-0.25, -0.2) is 8.78 Å². The van der Waals surface area contributed by atoms with Gasteiger partial charge in [0.25, 0.3) is 0 Å². The van der Waals surface area contributed by atoms with Gasteiger partial charge in [0.2, 0.25) is 23.8 Å². The number of methoxy groups -OCH3 is 1. The van der Waals surface area contributed by atoms with E-state index in [1.165, 1.54) is 31.4 Å². The van der Waals surface area contributed by atoms with Gasteiger partial charge in [-0.15, -0.1) is 0 Å². The van der Waals surface area contributed by atoms with Crippen LogP contribution in [-0.4, -0.2) is 34.0 Å². The number of nitrogens with one attached hydrogen (secondary N) is 4. The first-order valence-corrected chi connectivity index (χ1v) is 10.9. The molecule has 4 rings (SSSR count). The Labute approximate surface area is 206 Å². The minimum atomic E-state index is -0.792. The Bertz CT molecular complexity index is 1300. The molecule has 1 atom stereocenters. The summed E-state index contributed by atoms with van der Waals surface area (Å²) in [6, 6.07) is 18.2. The Hall–Kier alpha value is -4.80. The van der Waals surface area contributed by atoms with Crippen LogP contribution >= 0.6 is 0 Å². The number of aromatic nitrogens is 3. The van der Waals surface area contributed by atoms with Crippen LogP contribution in [0.25, 0.3) is 0 Å². The van der Waals surface area contributed by atoms with E-state index in [0.29, 0.717) is 11.4 Å². The maximum Gasteiger partial charge on any atom is 0.246 e. The van der Waals surface area contributed by atoms with Crippen molar-refractivity contribution in [3.8, 4) is 5.75 Å². The van der Waals surface area contributed by atoms with Crippen LogP contribution in [0.4, 0.5) is 43.7 Å². The highest BCUT2D eigenvalue weighted by Crippen LogP contribution is 2.24. The topological polar surface area (TPSA) is 113 Å². The lowest BCUT2D eigenvalue weighted by Crippen LogP contribution is -2.32. The zero-order valence-electron chi connectivity index (χ0n) is 19.4. The molecule has 0 saturated heterocycles. The van der Waals surface area contributed by atoms with Gasteiger partial charge in [0, 0.05) is 0 Å². The Balaban J connectivity index is 1.58. The smallest absolute Gasteiger partial charge is 0.246 e. The molecular formula is C25H23F2N7O2. The van der Waals surface area contributed by atoms with Crippen molar-refractivity contribution in [2.24, 2.45) is 0 Å². The quantitative estimate of drug-likeness (QED) is 0.256. The van der Waals surface area contributed by atoms with Crippen molar-refractivity contribution in [2.45, 2.75) is 13.0 Å². The highest BCUT2D eigenvalue weighted by molar-refractivity contribution is 5.97. The Morgan fingerprint density at radius 2 is 1.22 bits per heavy atom. The number of carbonyl (C=O) groups excluding carboxylic acids is 1. The molecule has 1 amide bonds. The van der Waals surface area contributed by atoms with E-state index in [-0.39, 0.29) is 35.1 Å². The molecule has 11 heteroatoms. The highest BCUT2D eigenvalue weighted by Gasteiger charge is 2.18. The van der Waals surface area contributed by atoms with E-state index < -0.39 is 17.7 Å². The molecule has 3 aromatic carbocycles. The zero-order chi connectivity index (χ0) is 25.5. The van der Waals surface area contributed by atoms with Crippen LogP contribution in [0.3, 0.4) is 0 Å². The van der Waals surface area contributed by atoms with Gasteiger partial charge in [-0.1, -0.05) is 36.4 Å². The molecule has 0 aliphatic carbocycles. The van der Waals surface area contributed by atoms with Crippen molar-refractivity contribution in [1.82, 2.24) is 15.0 Å². The van der Waals surface area contributed by atoms with Crippen molar-refractivity contribution in [3.05, 3.63) is 84.4 Å². The fourth-order valence-corrected chi connectivity index (χ4v) is 3.17. The maximum absolute atomic E-state index is 14.2. The summed E-state index contributed by atoms with van der Waals surface area (Å²) in [7, 11) is 1.51. The minimum Gasteiger partial charge on any atom is -0.495 e. The zero-order valence-corrected chi connectivity index (χ0v) is 19.4. The van der Waals surface area contributed by atoms with E-state index in [1.54, 1.807) is 55.5 Å². The Morgan fingerprint density at radius 3 is 1.75 bits per heavy atom. The third-order valence-corrected chi connectivity index (χ3v) is 4.98. The average Bonchev–Trinajstić information content (AvgIpc) is 2.87. The highest BCUT2D eigenvalue weighted by atomic mass is 19.1. The van der Waals surface area contributed by atoms with Gasteiger partial charge in [-0.3, -0.25) is 4.79 Å². The lowest BCUT2D eigenvalue weighted by Gasteiger charge is -2.17. The van der Waals surface area contributed by atoms with Crippen LogP contribution in [0.15, 0.2) is 72.8 Å². The predicted molar refractivity (Wildman–Crippen MR) is 134 cm³/mol. The summed E-state index contributed by atoms with van der Waals surface area (Å²) in [5, 5.41) is 11.2. The summed E-state index contributed by atoms with van der Waals surface area (Å²) >= 11 is 0. The standard InChI is InChI=1S/C25H23F2N7O2/c1-15(22(35)29-20-13-7-8-14-21(20)36-2)28-23-32-24(30-18-11-5-3-9-16(18)26)34-25(33-23)31-19-12-6-4-10-17(19)27/h3-15H,1-2H3,(H,29,35)(H3,28,30,31,32,33,34). The largest absolute Gasteiger partial charge is 0.495 e. The molecule has 4 aromatic rings. The molecule has 1 aromatic heterocycles. The summed E-state index contributed by atoms with van der Waals surface area (Å²) in [5.41, 5.74) is 0.764. The maximum atomic E-state index is 14.2. The number of anilines is 6. The second-order valence-corrected chi connectivity index (χ2v) is 7.57. The molecule has 0 radical (unpaired) electrons. The number of carbonyl (C=O) groups is 1. The van der Waals surface area contributed by atoms with Crippen LogP contribution in [0.2, 0.25) is 0 Å². The average molecular weight is 492 g/mol. The van der Waals surface area contributed by atoms with Crippen LogP contribution in [0.5, 0.6) is 5.75 Å². The van der Waals surface area contributed by atoms with Gasteiger partial charge in [0.15, 0.2) is 0 Å². The van der Waals surface area contributed by atoms with E-state index in [0.717, 1.165) is 0 Å². The summed E-state index contributed by atoms with van der Waals surface area (Å²) in [6.07, 6.45) is 0. The summed E-state index contributed by atoms with van der Waals surface area (Å²) in [4.78, 5) is 25.5. The van der Waals surface area contributed by atoms with Crippen molar-refractivity contribution in [2.75, 3.05) is 28.4 Å². The van der Waals surface area contributed by atoms with Gasteiger partial charge < -0.3 is 26.0 Å². The number of halogens is 2. The third-order valence-electron chi connectivity index (χ3n) is 4.98. The van der Waals surface area contributed by atoms with E-state index in [9.17, 15) is 13.6 Å². The van der Waals surface area contributed by atoms with Crippen molar-refractivity contribution in [1.29, 1.82) is 0 Å². The van der Waals surface area contributed by atoms with Crippen LogP contribution in [-0.2, 0) is 4.79 Å². The molecule has 36 heavy (non-hydrogen) atoms. The van der Waals surface area contributed by atoms with Crippen molar-refractivity contribution < 1.29 is 18.3 Å². The number of rotatable bonds is 9. The number of amides is 1. The summed E-state index contributed by atoms with van der Waals surface area (Å²) < 4.78 is 33.6. The minimum absolute atomic E-state index is 0.00496. The molecule has 0 aliphatic rings. The van der Waals surface area contributed by atoms with E-state index in [4.69, 9.17) is 4.74 Å². The molecule has 1 heterocycles. The van der Waals surface area contributed by atoms with Gasteiger partial charge in [0.1, 0.15) is 23.4 Å². The first-order chi connectivity index (χ1) is 17.4. The molecular weight excluding hydrogens is 468 g/mol. The number of nitrogens with zero attached hydrogens (tertiary/aromatic N) is 3. The predicted octanol–water partition coefficient (Wildman–Crippen LogP) is 5.08. The monoisotopic (exact) mass is 491 g/mol. The van der Waals surface area contributed by atoms with Gasteiger partial charge in [-0.2, -0.15) is 15.0 Å². The molecule has 4 N–H and O–H groups in total. The normalized spacial score (nSPS) is 11.3. The van der Waals surface area contributed by atoms with Crippen LogP contribution in [0.1, 0.15) is 6.92 Å². The molecule has 0 aliphatic heterocycles. The number of benzene rings is 3.